The van der Waals surface area contributed by atoms with Crippen LogP contribution in [0.2, 0.25) is 0 Å². The van der Waals surface area contributed by atoms with E-state index in [1.54, 1.807) is 31.4 Å². The van der Waals surface area contributed by atoms with Crippen LogP contribution in [-0.4, -0.2) is 26.3 Å². The van der Waals surface area contributed by atoms with Crippen LogP contribution in [0.5, 0.6) is 23.0 Å². The fourth-order valence-corrected chi connectivity index (χ4v) is 2.32. The maximum atomic E-state index is 11.9. The average molecular weight is 314 g/mol. The molecule has 1 aliphatic heterocycles. The van der Waals surface area contributed by atoms with Crippen molar-refractivity contribution in [3.8, 4) is 23.0 Å². The molecule has 23 heavy (non-hydrogen) atoms. The van der Waals surface area contributed by atoms with Gasteiger partial charge in [0.05, 0.1) is 7.11 Å². The number of carbonyl (C=O) groups is 1. The molecule has 5 heteroatoms. The summed E-state index contributed by atoms with van der Waals surface area (Å²) in [5.41, 5.74) is 1.01. The zero-order valence-corrected chi connectivity index (χ0v) is 12.9. The lowest BCUT2D eigenvalue weighted by Gasteiger charge is -2.18. The first-order valence-electron chi connectivity index (χ1n) is 7.48. The van der Waals surface area contributed by atoms with E-state index in [-0.39, 0.29) is 5.97 Å². The quantitative estimate of drug-likeness (QED) is 0.627. The highest BCUT2D eigenvalue weighted by Crippen LogP contribution is 2.31. The molecule has 1 heterocycles. The van der Waals surface area contributed by atoms with E-state index in [9.17, 15) is 4.79 Å². The minimum atomic E-state index is -0.273. The van der Waals surface area contributed by atoms with Gasteiger partial charge in [0, 0.05) is 6.42 Å². The Hall–Kier alpha value is -2.69. The van der Waals surface area contributed by atoms with Crippen LogP contribution < -0.4 is 18.9 Å². The predicted molar refractivity (Wildman–Crippen MR) is 84.4 cm³/mol. The van der Waals surface area contributed by atoms with E-state index >= 15 is 0 Å². The first-order valence-corrected chi connectivity index (χ1v) is 7.48. The number of esters is 1. The number of hydrogen-bond acceptors (Lipinski definition) is 5. The molecule has 120 valence electrons. The molecular formula is C18H18O5. The van der Waals surface area contributed by atoms with Crippen molar-refractivity contribution in [1.29, 1.82) is 0 Å². The Kier molecular flexibility index (Phi) is 4.66. The average Bonchev–Trinajstić information content (AvgIpc) is 2.60. The predicted octanol–water partition coefficient (Wildman–Crippen LogP) is 3.00. The lowest BCUT2D eigenvalue weighted by atomic mass is 10.1. The lowest BCUT2D eigenvalue weighted by molar-refractivity contribution is -0.134. The molecule has 5 nitrogen and oxygen atoms in total. The molecule has 0 radical (unpaired) electrons. The molecular weight excluding hydrogens is 296 g/mol. The van der Waals surface area contributed by atoms with Crippen LogP contribution in [0.15, 0.2) is 42.5 Å². The first-order chi connectivity index (χ1) is 11.2. The van der Waals surface area contributed by atoms with E-state index in [2.05, 4.69) is 0 Å². The normalized spacial score (nSPS) is 12.6. The van der Waals surface area contributed by atoms with Gasteiger partial charge in [-0.1, -0.05) is 6.07 Å². The fourth-order valence-electron chi connectivity index (χ4n) is 2.32. The number of rotatable bonds is 5. The smallest absolute Gasteiger partial charge is 0.311 e. The molecule has 0 saturated carbocycles. The van der Waals surface area contributed by atoms with Crippen LogP contribution in [0.3, 0.4) is 0 Å². The van der Waals surface area contributed by atoms with Crippen molar-refractivity contribution in [1.82, 2.24) is 0 Å². The van der Waals surface area contributed by atoms with Crippen molar-refractivity contribution in [2.45, 2.75) is 12.8 Å². The van der Waals surface area contributed by atoms with E-state index < -0.39 is 0 Å². The van der Waals surface area contributed by atoms with E-state index in [0.717, 1.165) is 22.8 Å². The Labute approximate surface area is 134 Å². The third-order valence-electron chi connectivity index (χ3n) is 3.52. The molecule has 2 aromatic rings. The van der Waals surface area contributed by atoms with E-state index in [1.165, 1.54) is 0 Å². The summed E-state index contributed by atoms with van der Waals surface area (Å²) in [5, 5.41) is 0. The van der Waals surface area contributed by atoms with Crippen LogP contribution in [0.25, 0.3) is 0 Å². The third-order valence-corrected chi connectivity index (χ3v) is 3.52. The Balaban J connectivity index is 1.54. The zero-order valence-electron chi connectivity index (χ0n) is 12.9. The summed E-state index contributed by atoms with van der Waals surface area (Å²) < 4.78 is 21.4. The minimum Gasteiger partial charge on any atom is -0.497 e. The molecule has 0 fully saturated rings. The summed E-state index contributed by atoms with van der Waals surface area (Å²) in [7, 11) is 1.59. The summed E-state index contributed by atoms with van der Waals surface area (Å²) in [4.78, 5) is 11.9. The molecule has 0 atom stereocenters. The maximum absolute atomic E-state index is 11.9. The number of ether oxygens (including phenoxy) is 4. The third kappa shape index (κ3) is 3.94. The molecule has 3 rings (SSSR count). The fraction of sp³-hybridized carbons (Fsp3) is 0.278. The van der Waals surface area contributed by atoms with E-state index in [1.807, 2.05) is 18.2 Å². The van der Waals surface area contributed by atoms with Crippen LogP contribution in [0.4, 0.5) is 0 Å². The van der Waals surface area contributed by atoms with E-state index in [0.29, 0.717) is 31.8 Å². The topological polar surface area (TPSA) is 54.0 Å². The van der Waals surface area contributed by atoms with Crippen molar-refractivity contribution in [3.05, 3.63) is 48.0 Å². The zero-order chi connectivity index (χ0) is 16.1. The molecule has 0 unspecified atom stereocenters. The van der Waals surface area contributed by atoms with Gasteiger partial charge in [-0.05, 0) is 48.4 Å². The second-order valence-electron chi connectivity index (χ2n) is 5.13. The molecule has 0 spiro atoms. The van der Waals surface area contributed by atoms with Gasteiger partial charge in [-0.3, -0.25) is 4.79 Å². The van der Waals surface area contributed by atoms with Gasteiger partial charge >= 0.3 is 5.97 Å². The molecule has 0 saturated heterocycles. The first kappa shape index (κ1) is 15.2. The molecule has 0 aliphatic carbocycles. The Morgan fingerprint density at radius 1 is 1.00 bits per heavy atom. The number of methoxy groups -OCH3 is 1. The van der Waals surface area contributed by atoms with Crippen molar-refractivity contribution >= 4 is 5.97 Å². The van der Waals surface area contributed by atoms with Gasteiger partial charge in [-0.25, -0.2) is 0 Å². The summed E-state index contributed by atoms with van der Waals surface area (Å²) in [6.45, 7) is 1.12. The number of hydrogen-bond donors (Lipinski definition) is 0. The minimum absolute atomic E-state index is 0.273. The highest BCUT2D eigenvalue weighted by atomic mass is 16.6. The SMILES string of the molecule is COc1ccc(OC(=O)CCc2ccc3c(c2)OCCO3)cc1. The second-order valence-corrected chi connectivity index (χ2v) is 5.13. The number of aryl methyl sites for hydroxylation is 1. The number of benzene rings is 2. The number of carbonyl (C=O) groups excluding carboxylic acids is 1. The van der Waals surface area contributed by atoms with Crippen LogP contribution in [0.1, 0.15) is 12.0 Å². The van der Waals surface area contributed by atoms with Crippen LogP contribution in [-0.2, 0) is 11.2 Å². The van der Waals surface area contributed by atoms with Gasteiger partial charge in [0.15, 0.2) is 11.5 Å². The van der Waals surface area contributed by atoms with E-state index in [4.69, 9.17) is 18.9 Å². The summed E-state index contributed by atoms with van der Waals surface area (Å²) in [6.07, 6.45) is 0.886. The second kappa shape index (κ2) is 7.05. The molecule has 2 aromatic carbocycles. The highest BCUT2D eigenvalue weighted by molar-refractivity contribution is 5.72. The van der Waals surface area contributed by atoms with Crippen molar-refractivity contribution in [2.75, 3.05) is 20.3 Å². The van der Waals surface area contributed by atoms with Crippen LogP contribution in [0, 0.1) is 0 Å². The number of fused-ring (bicyclic) bond motifs is 1. The Morgan fingerprint density at radius 2 is 1.70 bits per heavy atom. The van der Waals surface area contributed by atoms with Crippen LogP contribution >= 0.6 is 0 Å². The maximum Gasteiger partial charge on any atom is 0.311 e. The van der Waals surface area contributed by atoms with Crippen molar-refractivity contribution < 1.29 is 23.7 Å². The van der Waals surface area contributed by atoms with Crippen molar-refractivity contribution in [2.24, 2.45) is 0 Å². The lowest BCUT2D eigenvalue weighted by Crippen LogP contribution is -2.15. The highest BCUT2D eigenvalue weighted by Gasteiger charge is 2.12. The Bertz CT molecular complexity index is 678. The standard InChI is InChI=1S/C18H18O5/c1-20-14-4-6-15(7-5-14)23-18(19)9-3-13-2-8-16-17(12-13)22-11-10-21-16/h2,4-8,12H,3,9-11H2,1H3. The molecule has 0 aromatic heterocycles. The summed E-state index contributed by atoms with van der Waals surface area (Å²) in [5.74, 6) is 2.45. The monoisotopic (exact) mass is 314 g/mol. The summed E-state index contributed by atoms with van der Waals surface area (Å²) >= 11 is 0. The van der Waals surface area contributed by atoms with Gasteiger partial charge in [-0.2, -0.15) is 0 Å². The van der Waals surface area contributed by atoms with Gasteiger partial charge in [0.25, 0.3) is 0 Å². The molecule has 0 N–H and O–H groups in total. The van der Waals surface area contributed by atoms with Gasteiger partial charge in [0.1, 0.15) is 24.7 Å². The largest absolute Gasteiger partial charge is 0.497 e. The molecule has 0 bridgehead atoms. The van der Waals surface area contributed by atoms with Gasteiger partial charge < -0.3 is 18.9 Å². The Morgan fingerprint density at radius 3 is 2.43 bits per heavy atom. The van der Waals surface area contributed by atoms with Gasteiger partial charge in [0.2, 0.25) is 0 Å². The molecule has 0 amide bonds. The van der Waals surface area contributed by atoms with Crippen molar-refractivity contribution in [3.63, 3.8) is 0 Å². The summed E-state index contributed by atoms with van der Waals surface area (Å²) in [6, 6.07) is 12.6. The molecule has 1 aliphatic rings. The van der Waals surface area contributed by atoms with Gasteiger partial charge in [-0.15, -0.1) is 0 Å².